The summed E-state index contributed by atoms with van der Waals surface area (Å²) < 4.78 is 19.5. The summed E-state index contributed by atoms with van der Waals surface area (Å²) in [7, 11) is 0. The average Bonchev–Trinajstić information content (AvgIpc) is 2.59. The van der Waals surface area contributed by atoms with Gasteiger partial charge >= 0.3 is 64.2 Å². The second-order valence-corrected chi connectivity index (χ2v) is 6.80. The largest absolute Gasteiger partial charge is 1.00 e. The molecule has 0 N–H and O–H groups in total. The molecule has 0 aliphatic heterocycles. The Morgan fingerprint density at radius 1 is 1.16 bits per heavy atom. The summed E-state index contributed by atoms with van der Waals surface area (Å²) in [4.78, 5) is 12.2. The first-order chi connectivity index (χ1) is 11.5. The van der Waals surface area contributed by atoms with Crippen LogP contribution in [0.25, 0.3) is 11.1 Å². The van der Waals surface area contributed by atoms with E-state index in [2.05, 4.69) is 13.0 Å². The van der Waals surface area contributed by atoms with Gasteiger partial charge in [0.2, 0.25) is 0 Å². The molecule has 126 valence electrons. The third-order valence-corrected chi connectivity index (χ3v) is 4.90. The van der Waals surface area contributed by atoms with Crippen molar-refractivity contribution >= 4 is 17.6 Å². The van der Waals surface area contributed by atoms with E-state index < -0.39 is 5.82 Å². The summed E-state index contributed by atoms with van der Waals surface area (Å²) in [5.41, 5.74) is 1.08. The zero-order valence-corrected chi connectivity index (χ0v) is 20.2. The first-order valence-electron chi connectivity index (χ1n) is 8.22. The molecular formula is C20H19ClFO2Rb. The van der Waals surface area contributed by atoms with E-state index in [4.69, 9.17) is 16.3 Å². The van der Waals surface area contributed by atoms with Crippen molar-refractivity contribution in [2.45, 2.75) is 32.6 Å². The molecule has 0 atom stereocenters. The van der Waals surface area contributed by atoms with Crippen molar-refractivity contribution in [2.24, 2.45) is 11.8 Å². The van der Waals surface area contributed by atoms with E-state index in [0.717, 1.165) is 25.7 Å². The van der Waals surface area contributed by atoms with Gasteiger partial charge in [-0.2, -0.15) is 18.2 Å². The third-order valence-electron chi connectivity index (χ3n) is 4.62. The van der Waals surface area contributed by atoms with Gasteiger partial charge in [-0.25, -0.2) is 0 Å². The van der Waals surface area contributed by atoms with E-state index in [1.54, 1.807) is 36.4 Å². The molecular weight excluding hydrogens is 412 g/mol. The molecule has 1 fully saturated rings. The summed E-state index contributed by atoms with van der Waals surface area (Å²) in [6.07, 6.45) is 3.93. The molecule has 0 heterocycles. The molecule has 2 nitrogen and oxygen atoms in total. The second kappa shape index (κ2) is 9.75. The van der Waals surface area contributed by atoms with E-state index >= 15 is 0 Å². The predicted octanol–water partition coefficient (Wildman–Crippen LogP) is 2.68. The fourth-order valence-corrected chi connectivity index (χ4v) is 3.24. The van der Waals surface area contributed by atoms with Gasteiger partial charge in [-0.3, -0.25) is 9.18 Å². The van der Waals surface area contributed by atoms with Gasteiger partial charge in [0.05, 0.1) is 5.92 Å². The van der Waals surface area contributed by atoms with Crippen LogP contribution in [0, 0.1) is 23.7 Å². The van der Waals surface area contributed by atoms with Crippen LogP contribution in [0.2, 0.25) is 5.02 Å². The Labute approximate surface area is 201 Å². The average molecular weight is 431 g/mol. The number of ether oxygens (including phenoxy) is 1. The molecule has 2 aromatic carbocycles. The van der Waals surface area contributed by atoms with Crippen LogP contribution in [-0.2, 0) is 4.79 Å². The molecule has 1 aliphatic rings. The Balaban J connectivity index is 0.00000225. The predicted molar refractivity (Wildman–Crippen MR) is 92.4 cm³/mol. The van der Waals surface area contributed by atoms with Gasteiger partial charge in [-0.05, 0) is 54.3 Å². The topological polar surface area (TPSA) is 26.3 Å². The van der Waals surface area contributed by atoms with Crippen molar-refractivity contribution in [3.05, 3.63) is 53.3 Å². The molecule has 1 saturated carbocycles. The number of esters is 1. The van der Waals surface area contributed by atoms with Crippen molar-refractivity contribution in [1.82, 2.24) is 0 Å². The Kier molecular flexibility index (Phi) is 8.28. The number of carbonyl (C=O) groups excluding carboxylic acids is 1. The standard InChI is InChI=1S/C20H19ClFO2.Rb/c1-13-5-7-15(8-6-13)20(23)24-16-11-9-14(10-12-16)17-3-2-4-18(21)19(17)22;/h2-3,9-13,15H,5-8H2,1H3;/q-1;+1. The zero-order chi connectivity index (χ0) is 17.1. The van der Waals surface area contributed by atoms with Crippen molar-refractivity contribution in [3.63, 3.8) is 0 Å². The zero-order valence-electron chi connectivity index (χ0n) is 14.5. The molecule has 5 heteroatoms. The number of rotatable bonds is 3. The fraction of sp³-hybridized carbons (Fsp3) is 0.350. The number of halogens is 2. The van der Waals surface area contributed by atoms with Crippen LogP contribution in [0.4, 0.5) is 4.39 Å². The Morgan fingerprint density at radius 3 is 2.44 bits per heavy atom. The fourth-order valence-electron chi connectivity index (χ4n) is 3.07. The van der Waals surface area contributed by atoms with Crippen molar-refractivity contribution < 1.29 is 72.1 Å². The minimum absolute atomic E-state index is 0. The summed E-state index contributed by atoms with van der Waals surface area (Å²) in [6, 6.07) is 12.6. The summed E-state index contributed by atoms with van der Waals surface area (Å²) in [5, 5.41) is -0.0328. The van der Waals surface area contributed by atoms with Crippen LogP contribution >= 0.6 is 11.6 Å². The number of hydrogen-bond donors (Lipinski definition) is 0. The third kappa shape index (κ3) is 5.46. The first-order valence-corrected chi connectivity index (χ1v) is 8.60. The smallest absolute Gasteiger partial charge is 0.426 e. The molecule has 0 spiro atoms. The van der Waals surface area contributed by atoms with Gasteiger partial charge in [-0.15, -0.1) is 11.6 Å². The van der Waals surface area contributed by atoms with Gasteiger partial charge in [0.25, 0.3) is 0 Å². The van der Waals surface area contributed by atoms with Crippen molar-refractivity contribution in [1.29, 1.82) is 0 Å². The molecule has 0 aromatic heterocycles. The first kappa shape index (κ1) is 21.2. The van der Waals surface area contributed by atoms with E-state index in [1.165, 1.54) is 0 Å². The number of benzene rings is 2. The van der Waals surface area contributed by atoms with Gasteiger partial charge in [-0.1, -0.05) is 24.6 Å². The van der Waals surface area contributed by atoms with Crippen LogP contribution in [0.3, 0.4) is 0 Å². The normalized spacial score (nSPS) is 19.8. The minimum atomic E-state index is -0.500. The number of hydrogen-bond acceptors (Lipinski definition) is 2. The molecule has 0 amide bonds. The van der Waals surface area contributed by atoms with Crippen molar-refractivity contribution in [2.75, 3.05) is 0 Å². The molecule has 3 rings (SSSR count). The SMILES string of the molecule is CC1CCC(C(=O)Oc2ccc(-c3cc[c-]c(Cl)c3F)cc2)CC1.[Rb+]. The monoisotopic (exact) mass is 430 g/mol. The Hall–Kier alpha value is -0.0648. The Bertz CT molecular complexity index is 725. The van der Waals surface area contributed by atoms with Crippen LogP contribution in [0.5, 0.6) is 5.75 Å². The van der Waals surface area contributed by atoms with E-state index in [9.17, 15) is 9.18 Å². The minimum Gasteiger partial charge on any atom is -0.426 e. The van der Waals surface area contributed by atoms with E-state index in [1.807, 2.05) is 0 Å². The van der Waals surface area contributed by atoms with Crippen LogP contribution < -0.4 is 62.9 Å². The Morgan fingerprint density at radius 2 is 1.80 bits per heavy atom. The number of carbonyl (C=O) groups is 1. The van der Waals surface area contributed by atoms with Gasteiger partial charge < -0.3 is 4.74 Å². The van der Waals surface area contributed by atoms with Crippen LogP contribution in [-0.4, -0.2) is 5.97 Å². The molecule has 0 unspecified atom stereocenters. The molecule has 0 bridgehead atoms. The van der Waals surface area contributed by atoms with Gasteiger partial charge in [0.1, 0.15) is 5.75 Å². The maximum Gasteiger partial charge on any atom is 1.00 e. The van der Waals surface area contributed by atoms with E-state index in [-0.39, 0.29) is 75.1 Å². The van der Waals surface area contributed by atoms with E-state index in [0.29, 0.717) is 22.8 Å². The van der Waals surface area contributed by atoms with Crippen molar-refractivity contribution in [3.8, 4) is 16.9 Å². The molecule has 0 radical (unpaired) electrons. The molecule has 25 heavy (non-hydrogen) atoms. The maximum absolute atomic E-state index is 14.0. The quantitative estimate of drug-likeness (QED) is 0.425. The van der Waals surface area contributed by atoms with Gasteiger partial charge in [0.15, 0.2) is 0 Å². The second-order valence-electron chi connectivity index (χ2n) is 6.42. The van der Waals surface area contributed by atoms with Crippen LogP contribution in [0.15, 0.2) is 36.4 Å². The van der Waals surface area contributed by atoms with Crippen LogP contribution in [0.1, 0.15) is 32.6 Å². The molecule has 0 saturated heterocycles. The maximum atomic E-state index is 14.0. The molecule has 1 aliphatic carbocycles. The summed E-state index contributed by atoms with van der Waals surface area (Å²) in [6.45, 7) is 2.22. The summed E-state index contributed by atoms with van der Waals surface area (Å²) >= 11 is 5.76. The van der Waals surface area contributed by atoms with Gasteiger partial charge in [0, 0.05) is 5.82 Å². The molecule has 2 aromatic rings. The summed E-state index contributed by atoms with van der Waals surface area (Å²) in [5.74, 6) is 0.495.